The minimum atomic E-state index is 0.349. The van der Waals surface area contributed by atoms with E-state index >= 15 is 0 Å². The van der Waals surface area contributed by atoms with Gasteiger partial charge >= 0.3 is 0 Å². The SMILES string of the molecule is CC(C)n1cnnc1-c1ccccn1. The summed E-state index contributed by atoms with van der Waals surface area (Å²) in [4.78, 5) is 4.24. The molecule has 0 spiro atoms. The largest absolute Gasteiger partial charge is 0.310 e. The lowest BCUT2D eigenvalue weighted by atomic mass is 10.3. The van der Waals surface area contributed by atoms with Crippen molar-refractivity contribution in [3.63, 3.8) is 0 Å². The molecule has 2 rings (SSSR count). The minimum absolute atomic E-state index is 0.349. The highest BCUT2D eigenvalue weighted by atomic mass is 15.3. The highest BCUT2D eigenvalue weighted by molar-refractivity contribution is 5.48. The predicted octanol–water partition coefficient (Wildman–Crippen LogP) is 1.92. The molecule has 14 heavy (non-hydrogen) atoms. The lowest BCUT2D eigenvalue weighted by molar-refractivity contribution is 0.603. The van der Waals surface area contributed by atoms with Gasteiger partial charge in [-0.25, -0.2) is 0 Å². The Labute approximate surface area is 82.6 Å². The zero-order valence-corrected chi connectivity index (χ0v) is 8.25. The molecular formula is C10H12N4. The number of pyridine rings is 1. The van der Waals surface area contributed by atoms with Crippen molar-refractivity contribution >= 4 is 0 Å². The molecule has 0 unspecified atom stereocenters. The van der Waals surface area contributed by atoms with Crippen LogP contribution in [0.3, 0.4) is 0 Å². The van der Waals surface area contributed by atoms with Gasteiger partial charge in [-0.2, -0.15) is 0 Å². The van der Waals surface area contributed by atoms with Gasteiger partial charge in [-0.1, -0.05) is 6.07 Å². The fourth-order valence-electron chi connectivity index (χ4n) is 1.30. The van der Waals surface area contributed by atoms with Gasteiger partial charge in [0, 0.05) is 12.2 Å². The van der Waals surface area contributed by atoms with E-state index in [0.29, 0.717) is 6.04 Å². The van der Waals surface area contributed by atoms with Crippen LogP contribution in [0.4, 0.5) is 0 Å². The van der Waals surface area contributed by atoms with Crippen molar-refractivity contribution in [1.29, 1.82) is 0 Å². The molecule has 0 N–H and O–H groups in total. The van der Waals surface area contributed by atoms with Crippen LogP contribution in [0, 0.1) is 0 Å². The van der Waals surface area contributed by atoms with Crippen LogP contribution in [0.1, 0.15) is 19.9 Å². The van der Waals surface area contributed by atoms with Crippen LogP contribution in [0.15, 0.2) is 30.7 Å². The van der Waals surface area contributed by atoms with Gasteiger partial charge in [0.25, 0.3) is 0 Å². The molecule has 0 amide bonds. The first-order chi connectivity index (χ1) is 6.79. The van der Waals surface area contributed by atoms with Gasteiger partial charge in [0.15, 0.2) is 5.82 Å². The Morgan fingerprint density at radius 3 is 2.79 bits per heavy atom. The molecule has 0 atom stereocenters. The van der Waals surface area contributed by atoms with Gasteiger partial charge in [0.2, 0.25) is 0 Å². The third-order valence-electron chi connectivity index (χ3n) is 2.02. The summed E-state index contributed by atoms with van der Waals surface area (Å²) >= 11 is 0. The Kier molecular flexibility index (Phi) is 2.26. The second kappa shape index (κ2) is 3.57. The lowest BCUT2D eigenvalue weighted by Gasteiger charge is -2.08. The number of hydrogen-bond donors (Lipinski definition) is 0. The third kappa shape index (κ3) is 1.51. The minimum Gasteiger partial charge on any atom is -0.310 e. The van der Waals surface area contributed by atoms with E-state index < -0.39 is 0 Å². The highest BCUT2D eigenvalue weighted by Gasteiger charge is 2.09. The third-order valence-corrected chi connectivity index (χ3v) is 2.02. The first-order valence-electron chi connectivity index (χ1n) is 4.60. The summed E-state index contributed by atoms with van der Waals surface area (Å²) in [5.74, 6) is 0.820. The van der Waals surface area contributed by atoms with Crippen LogP contribution in [-0.2, 0) is 0 Å². The molecule has 0 aliphatic rings. The molecule has 2 aromatic heterocycles. The molecule has 0 saturated carbocycles. The fourth-order valence-corrected chi connectivity index (χ4v) is 1.30. The van der Waals surface area contributed by atoms with Crippen LogP contribution < -0.4 is 0 Å². The van der Waals surface area contributed by atoms with Crippen molar-refractivity contribution in [1.82, 2.24) is 19.7 Å². The molecule has 0 saturated heterocycles. The van der Waals surface area contributed by atoms with Crippen molar-refractivity contribution in [2.24, 2.45) is 0 Å². The summed E-state index contributed by atoms with van der Waals surface area (Å²) in [6, 6.07) is 6.12. The quantitative estimate of drug-likeness (QED) is 0.723. The molecule has 0 aromatic carbocycles. The van der Waals surface area contributed by atoms with Crippen LogP contribution in [-0.4, -0.2) is 19.7 Å². The normalized spacial score (nSPS) is 10.8. The fraction of sp³-hybridized carbons (Fsp3) is 0.300. The van der Waals surface area contributed by atoms with Crippen LogP contribution in [0.5, 0.6) is 0 Å². The van der Waals surface area contributed by atoms with Gasteiger partial charge in [-0.3, -0.25) is 4.98 Å². The summed E-state index contributed by atoms with van der Waals surface area (Å²) in [7, 11) is 0. The summed E-state index contributed by atoms with van der Waals surface area (Å²) < 4.78 is 2.00. The predicted molar refractivity (Wildman–Crippen MR) is 53.6 cm³/mol. The van der Waals surface area contributed by atoms with Crippen molar-refractivity contribution in [2.75, 3.05) is 0 Å². The maximum atomic E-state index is 4.24. The van der Waals surface area contributed by atoms with Crippen molar-refractivity contribution in [3.8, 4) is 11.5 Å². The second-order valence-electron chi connectivity index (χ2n) is 3.37. The molecule has 0 bridgehead atoms. The maximum absolute atomic E-state index is 4.24. The molecule has 72 valence electrons. The van der Waals surface area contributed by atoms with Crippen LogP contribution in [0.2, 0.25) is 0 Å². The number of rotatable bonds is 2. The first-order valence-corrected chi connectivity index (χ1v) is 4.60. The van der Waals surface area contributed by atoms with E-state index in [1.165, 1.54) is 0 Å². The van der Waals surface area contributed by atoms with Crippen LogP contribution in [0.25, 0.3) is 11.5 Å². The van der Waals surface area contributed by atoms with E-state index in [1.807, 2.05) is 22.8 Å². The zero-order chi connectivity index (χ0) is 9.97. The lowest BCUT2D eigenvalue weighted by Crippen LogP contribution is -2.02. The Bertz CT molecular complexity index is 405. The molecule has 0 fully saturated rings. The molecule has 2 aromatic rings. The van der Waals surface area contributed by atoms with E-state index in [4.69, 9.17) is 0 Å². The topological polar surface area (TPSA) is 43.6 Å². The van der Waals surface area contributed by atoms with Gasteiger partial charge in [0.1, 0.15) is 12.0 Å². The van der Waals surface area contributed by atoms with E-state index in [1.54, 1.807) is 12.5 Å². The summed E-state index contributed by atoms with van der Waals surface area (Å²) in [5.41, 5.74) is 0.860. The highest BCUT2D eigenvalue weighted by Crippen LogP contribution is 2.16. The summed E-state index contributed by atoms with van der Waals surface area (Å²) in [6.45, 7) is 4.19. The van der Waals surface area contributed by atoms with Crippen LogP contribution >= 0.6 is 0 Å². The monoisotopic (exact) mass is 188 g/mol. The molecule has 0 radical (unpaired) electrons. The summed E-state index contributed by atoms with van der Waals surface area (Å²) in [5, 5.41) is 7.95. The Morgan fingerprint density at radius 2 is 2.14 bits per heavy atom. The smallest absolute Gasteiger partial charge is 0.182 e. The molecule has 0 aliphatic carbocycles. The number of hydrogen-bond acceptors (Lipinski definition) is 3. The van der Waals surface area contributed by atoms with Crippen molar-refractivity contribution in [3.05, 3.63) is 30.7 Å². The van der Waals surface area contributed by atoms with Gasteiger partial charge in [-0.05, 0) is 26.0 Å². The Balaban J connectivity index is 2.47. The summed E-state index contributed by atoms with van der Waals surface area (Å²) in [6.07, 6.45) is 3.49. The molecular weight excluding hydrogens is 176 g/mol. The molecule has 4 heteroatoms. The Hall–Kier alpha value is -1.71. The van der Waals surface area contributed by atoms with Gasteiger partial charge < -0.3 is 4.57 Å². The zero-order valence-electron chi connectivity index (χ0n) is 8.25. The maximum Gasteiger partial charge on any atom is 0.182 e. The van der Waals surface area contributed by atoms with Crippen molar-refractivity contribution < 1.29 is 0 Å². The van der Waals surface area contributed by atoms with E-state index in [2.05, 4.69) is 29.0 Å². The average Bonchev–Trinajstić information content (AvgIpc) is 2.67. The number of nitrogens with zero attached hydrogens (tertiary/aromatic N) is 4. The average molecular weight is 188 g/mol. The molecule has 4 nitrogen and oxygen atoms in total. The second-order valence-corrected chi connectivity index (χ2v) is 3.37. The first kappa shape index (κ1) is 8.87. The molecule has 0 aliphatic heterocycles. The van der Waals surface area contributed by atoms with E-state index in [0.717, 1.165) is 11.5 Å². The Morgan fingerprint density at radius 1 is 1.29 bits per heavy atom. The van der Waals surface area contributed by atoms with E-state index in [-0.39, 0.29) is 0 Å². The number of aromatic nitrogens is 4. The molecule has 2 heterocycles. The van der Waals surface area contributed by atoms with E-state index in [9.17, 15) is 0 Å². The van der Waals surface area contributed by atoms with Gasteiger partial charge in [-0.15, -0.1) is 10.2 Å². The van der Waals surface area contributed by atoms with Crippen molar-refractivity contribution in [2.45, 2.75) is 19.9 Å². The van der Waals surface area contributed by atoms with Gasteiger partial charge in [0.05, 0.1) is 0 Å². The standard InChI is InChI=1S/C10H12N4/c1-8(2)14-7-12-13-10(14)9-5-3-4-6-11-9/h3-8H,1-2H3.